The molecule has 0 fully saturated rings. The lowest BCUT2D eigenvalue weighted by Gasteiger charge is -1.96. The normalized spacial score (nSPS) is 10.3. The van der Waals surface area contributed by atoms with Crippen LogP contribution >= 0.6 is 0 Å². The van der Waals surface area contributed by atoms with Crippen molar-refractivity contribution in [3.8, 4) is 0 Å². The SMILES string of the molecule is C/C=N/OCc1ccncc1. The van der Waals surface area contributed by atoms with E-state index in [1.165, 1.54) is 0 Å². The summed E-state index contributed by atoms with van der Waals surface area (Å²) in [5, 5.41) is 3.62. The molecule has 1 heterocycles. The zero-order valence-electron chi connectivity index (χ0n) is 6.40. The van der Waals surface area contributed by atoms with E-state index < -0.39 is 0 Å². The first-order chi connectivity index (χ1) is 5.43. The van der Waals surface area contributed by atoms with E-state index in [2.05, 4.69) is 10.1 Å². The van der Waals surface area contributed by atoms with Gasteiger partial charge in [-0.3, -0.25) is 4.98 Å². The van der Waals surface area contributed by atoms with Gasteiger partial charge in [-0.05, 0) is 24.6 Å². The molecule has 3 heteroatoms. The van der Waals surface area contributed by atoms with Crippen molar-refractivity contribution in [2.75, 3.05) is 0 Å². The molecular weight excluding hydrogens is 140 g/mol. The average molecular weight is 150 g/mol. The zero-order valence-corrected chi connectivity index (χ0v) is 6.40. The molecule has 0 aliphatic heterocycles. The molecule has 0 N–H and O–H groups in total. The third-order valence-corrected chi connectivity index (χ3v) is 1.16. The quantitative estimate of drug-likeness (QED) is 0.484. The van der Waals surface area contributed by atoms with E-state index in [-0.39, 0.29) is 0 Å². The minimum Gasteiger partial charge on any atom is -0.391 e. The Bertz CT molecular complexity index is 221. The van der Waals surface area contributed by atoms with Crippen LogP contribution < -0.4 is 0 Å². The van der Waals surface area contributed by atoms with Gasteiger partial charge in [0.1, 0.15) is 6.61 Å². The van der Waals surface area contributed by atoms with Gasteiger partial charge in [0.2, 0.25) is 0 Å². The molecule has 0 spiro atoms. The first-order valence-electron chi connectivity index (χ1n) is 3.42. The third kappa shape index (κ3) is 2.80. The molecule has 0 bridgehead atoms. The number of rotatable bonds is 3. The van der Waals surface area contributed by atoms with Crippen molar-refractivity contribution in [1.29, 1.82) is 0 Å². The molecule has 1 rings (SSSR count). The lowest BCUT2D eigenvalue weighted by molar-refractivity contribution is 0.132. The highest BCUT2D eigenvalue weighted by atomic mass is 16.6. The Morgan fingerprint density at radius 2 is 2.27 bits per heavy atom. The van der Waals surface area contributed by atoms with Crippen molar-refractivity contribution in [2.45, 2.75) is 13.5 Å². The van der Waals surface area contributed by atoms with E-state index in [9.17, 15) is 0 Å². The van der Waals surface area contributed by atoms with E-state index in [4.69, 9.17) is 4.84 Å². The standard InChI is InChI=1S/C8H10N2O/c1-2-10-11-7-8-3-5-9-6-4-8/h2-6H,7H2,1H3/b10-2+. The molecule has 0 aliphatic carbocycles. The van der Waals surface area contributed by atoms with Crippen molar-refractivity contribution >= 4 is 6.21 Å². The van der Waals surface area contributed by atoms with E-state index in [1.54, 1.807) is 18.6 Å². The van der Waals surface area contributed by atoms with Gasteiger partial charge >= 0.3 is 0 Å². The third-order valence-electron chi connectivity index (χ3n) is 1.16. The van der Waals surface area contributed by atoms with Crippen molar-refractivity contribution in [3.05, 3.63) is 30.1 Å². The van der Waals surface area contributed by atoms with Crippen molar-refractivity contribution < 1.29 is 4.84 Å². The fourth-order valence-electron chi connectivity index (χ4n) is 0.665. The van der Waals surface area contributed by atoms with Gasteiger partial charge in [0.05, 0.1) is 0 Å². The zero-order chi connectivity index (χ0) is 7.94. The highest BCUT2D eigenvalue weighted by Crippen LogP contribution is 1.97. The Labute approximate surface area is 65.7 Å². The number of hydrogen-bond donors (Lipinski definition) is 0. The molecule has 11 heavy (non-hydrogen) atoms. The molecule has 0 amide bonds. The predicted molar refractivity (Wildman–Crippen MR) is 43.2 cm³/mol. The van der Waals surface area contributed by atoms with E-state index in [1.807, 2.05) is 19.1 Å². The second-order valence-electron chi connectivity index (χ2n) is 1.99. The molecular formula is C8H10N2O. The summed E-state index contributed by atoms with van der Waals surface area (Å²) in [6.07, 6.45) is 5.07. The highest BCUT2D eigenvalue weighted by Gasteiger charge is 1.88. The summed E-state index contributed by atoms with van der Waals surface area (Å²) in [5.41, 5.74) is 1.07. The van der Waals surface area contributed by atoms with Crippen LogP contribution in [0.5, 0.6) is 0 Å². The van der Waals surface area contributed by atoms with Crippen molar-refractivity contribution in [2.24, 2.45) is 5.16 Å². The molecule has 0 aliphatic rings. The average Bonchev–Trinajstić information content (AvgIpc) is 2.07. The van der Waals surface area contributed by atoms with Crippen LogP contribution in [0.2, 0.25) is 0 Å². The Kier molecular flexibility index (Phi) is 3.12. The second-order valence-corrected chi connectivity index (χ2v) is 1.99. The molecule has 0 saturated heterocycles. The Morgan fingerprint density at radius 1 is 1.55 bits per heavy atom. The van der Waals surface area contributed by atoms with E-state index >= 15 is 0 Å². The lowest BCUT2D eigenvalue weighted by atomic mass is 10.3. The van der Waals surface area contributed by atoms with Gasteiger partial charge in [-0.1, -0.05) is 5.16 Å². The first-order valence-corrected chi connectivity index (χ1v) is 3.42. The summed E-state index contributed by atoms with van der Waals surface area (Å²) in [4.78, 5) is 8.79. The van der Waals surface area contributed by atoms with Crippen LogP contribution in [-0.2, 0) is 11.4 Å². The largest absolute Gasteiger partial charge is 0.391 e. The van der Waals surface area contributed by atoms with Crippen LogP contribution in [0.1, 0.15) is 12.5 Å². The van der Waals surface area contributed by atoms with Crippen LogP contribution in [0.15, 0.2) is 29.7 Å². The Morgan fingerprint density at radius 3 is 2.91 bits per heavy atom. The molecule has 0 radical (unpaired) electrons. The smallest absolute Gasteiger partial charge is 0.142 e. The van der Waals surface area contributed by atoms with Crippen LogP contribution in [0.25, 0.3) is 0 Å². The number of hydrogen-bond acceptors (Lipinski definition) is 3. The van der Waals surface area contributed by atoms with Crippen LogP contribution in [-0.4, -0.2) is 11.2 Å². The summed E-state index contributed by atoms with van der Waals surface area (Å²) >= 11 is 0. The molecule has 1 aromatic heterocycles. The Balaban J connectivity index is 2.39. The van der Waals surface area contributed by atoms with Crippen LogP contribution in [0.3, 0.4) is 0 Å². The molecule has 0 aromatic carbocycles. The monoisotopic (exact) mass is 150 g/mol. The molecule has 0 atom stereocenters. The number of nitrogens with zero attached hydrogens (tertiary/aromatic N) is 2. The van der Waals surface area contributed by atoms with Crippen molar-refractivity contribution in [1.82, 2.24) is 4.98 Å². The molecule has 3 nitrogen and oxygen atoms in total. The topological polar surface area (TPSA) is 34.5 Å². The molecule has 58 valence electrons. The summed E-state index contributed by atoms with van der Waals surface area (Å²) in [6, 6.07) is 3.79. The highest BCUT2D eigenvalue weighted by molar-refractivity contribution is 5.52. The van der Waals surface area contributed by atoms with Gasteiger partial charge in [-0.15, -0.1) is 0 Å². The molecule has 0 unspecified atom stereocenters. The van der Waals surface area contributed by atoms with Gasteiger partial charge in [-0.2, -0.15) is 0 Å². The Hall–Kier alpha value is -1.38. The fourth-order valence-corrected chi connectivity index (χ4v) is 0.665. The predicted octanol–water partition coefficient (Wildman–Crippen LogP) is 1.60. The van der Waals surface area contributed by atoms with Gasteiger partial charge in [0, 0.05) is 18.6 Å². The maximum absolute atomic E-state index is 4.91. The number of aromatic nitrogens is 1. The molecule has 0 saturated carbocycles. The summed E-state index contributed by atoms with van der Waals surface area (Å²) in [5.74, 6) is 0. The number of pyridine rings is 1. The summed E-state index contributed by atoms with van der Waals surface area (Å²) < 4.78 is 0. The second kappa shape index (κ2) is 4.44. The van der Waals surface area contributed by atoms with Crippen LogP contribution in [0, 0.1) is 0 Å². The van der Waals surface area contributed by atoms with Gasteiger partial charge in [0.15, 0.2) is 0 Å². The van der Waals surface area contributed by atoms with Crippen molar-refractivity contribution in [3.63, 3.8) is 0 Å². The maximum Gasteiger partial charge on any atom is 0.142 e. The summed E-state index contributed by atoms with van der Waals surface area (Å²) in [6.45, 7) is 2.32. The minimum atomic E-state index is 0.507. The number of oxime groups is 1. The van der Waals surface area contributed by atoms with Gasteiger partial charge in [-0.25, -0.2) is 0 Å². The summed E-state index contributed by atoms with van der Waals surface area (Å²) in [7, 11) is 0. The van der Waals surface area contributed by atoms with Gasteiger partial charge in [0.25, 0.3) is 0 Å². The van der Waals surface area contributed by atoms with Crippen LogP contribution in [0.4, 0.5) is 0 Å². The van der Waals surface area contributed by atoms with E-state index in [0.717, 1.165) is 5.56 Å². The van der Waals surface area contributed by atoms with Gasteiger partial charge < -0.3 is 4.84 Å². The minimum absolute atomic E-state index is 0.507. The molecule has 1 aromatic rings. The maximum atomic E-state index is 4.91. The van der Waals surface area contributed by atoms with E-state index in [0.29, 0.717) is 6.61 Å². The fraction of sp³-hybridized carbons (Fsp3) is 0.250. The first kappa shape index (κ1) is 7.72. The lowest BCUT2D eigenvalue weighted by Crippen LogP contribution is -1.86.